The fraction of sp³-hybridized carbons (Fsp3) is 0.625. The molecule has 2 aromatic rings. The molecule has 143 heavy (non-hydrogen) atoms. The van der Waals surface area contributed by atoms with Crippen LogP contribution in [0.5, 0.6) is 11.5 Å². The monoisotopic (exact) mass is 2100 g/mol. The molecule has 20 amide bonds. The van der Waals surface area contributed by atoms with Crippen LogP contribution in [-0.4, -0.2) is 328 Å². The molecule has 3 saturated heterocycles. The number of carbonyl (C=O) groups is 21. The minimum atomic E-state index is -5.08. The Morgan fingerprint density at radius 2 is 0.776 bits per heavy atom. The van der Waals surface area contributed by atoms with Crippen molar-refractivity contribution < 1.29 is 139 Å². The summed E-state index contributed by atoms with van der Waals surface area (Å²) in [6.07, 6.45) is -10.8. The number of primary amides is 4. The molecule has 0 unspecified atom stereocenters. The number of nitrogens with zero attached hydrogens (tertiary/aromatic N) is 2. The highest BCUT2D eigenvalue weighted by Crippen LogP contribution is 2.30. The number of hydrogen-bond donors (Lipinski definition) is 23. The summed E-state index contributed by atoms with van der Waals surface area (Å²) >= 11 is 0. The number of carbonyl (C=O) groups excluding carboxylic acids is 20. The largest absolute Gasteiger partial charge is 0.494 e. The molecule has 0 bridgehead atoms. The van der Waals surface area contributed by atoms with Crippen molar-refractivity contribution in [1.29, 1.82) is 0 Å². The van der Waals surface area contributed by atoms with Crippen molar-refractivity contribution >= 4 is 167 Å². The molecule has 0 radical (unpaired) electrons. The van der Waals surface area contributed by atoms with Gasteiger partial charge < -0.3 is 143 Å². The molecule has 55 heteroatoms. The van der Waals surface area contributed by atoms with Crippen molar-refractivity contribution in [3.8, 4) is 11.5 Å². The van der Waals surface area contributed by atoms with E-state index >= 15 is 19.2 Å². The van der Waals surface area contributed by atoms with Crippen LogP contribution in [0.3, 0.4) is 0 Å². The molecule has 0 saturated carbocycles. The van der Waals surface area contributed by atoms with Crippen LogP contribution in [0, 0.1) is 11.8 Å². The molecule has 3 fully saturated rings. The Balaban J connectivity index is 0.00000585. The number of halogens is 3. The van der Waals surface area contributed by atoms with Gasteiger partial charge in [-0.3, -0.25) is 95.9 Å². The zero-order chi connectivity index (χ0) is 107. The van der Waals surface area contributed by atoms with Gasteiger partial charge in [0.05, 0.1) is 51.4 Å². The number of carboxylic acids is 1. The van der Waals surface area contributed by atoms with Gasteiger partial charge in [-0.25, -0.2) is 4.79 Å². The fourth-order valence-corrected chi connectivity index (χ4v) is 18.9. The summed E-state index contributed by atoms with van der Waals surface area (Å²) in [5, 5.41) is 65.2. The molecule has 0 aliphatic carbocycles. The minimum absolute atomic E-state index is 0.0450. The van der Waals surface area contributed by atoms with Gasteiger partial charge in [-0.2, -0.15) is 13.2 Å². The fourth-order valence-electron chi connectivity index (χ4n) is 14.6. The van der Waals surface area contributed by atoms with E-state index in [0.717, 1.165) is 23.6 Å². The molecule has 0 spiro atoms. The highest BCUT2D eigenvalue weighted by atomic mass is 33.1. The van der Waals surface area contributed by atoms with Crippen molar-refractivity contribution in [2.75, 3.05) is 75.5 Å². The Kier molecular flexibility index (Phi) is 54.4. The highest BCUT2D eigenvalue weighted by molar-refractivity contribution is 8.77. The number of aliphatic hydroxyl groups excluding tert-OH is 2. The van der Waals surface area contributed by atoms with E-state index in [4.69, 9.17) is 53.8 Å². The second kappa shape index (κ2) is 63.2. The lowest BCUT2D eigenvalue weighted by Gasteiger charge is -2.32. The maximum atomic E-state index is 15.5. The number of hydrogen-bond acceptors (Lipinski definition) is 31. The Labute approximate surface area is 839 Å². The van der Waals surface area contributed by atoms with Crippen molar-refractivity contribution in [1.82, 2.24) is 84.2 Å². The lowest BCUT2D eigenvalue weighted by atomic mass is 9.96. The first-order valence-corrected chi connectivity index (χ1v) is 51.4. The molecular weight excluding hydrogens is 1970 g/mol. The topological polar surface area (TPSA) is 769 Å². The van der Waals surface area contributed by atoms with E-state index in [1.807, 2.05) is 0 Å². The zero-order valence-corrected chi connectivity index (χ0v) is 83.9. The summed E-state index contributed by atoms with van der Waals surface area (Å²) in [6.45, 7) is 11.4. The Bertz CT molecular complexity index is 4410. The minimum Gasteiger partial charge on any atom is -0.494 e. The molecule has 2 aromatic carbocycles. The maximum absolute atomic E-state index is 15.5. The van der Waals surface area contributed by atoms with Crippen LogP contribution >= 0.6 is 43.2 Å². The van der Waals surface area contributed by atoms with Gasteiger partial charge in [0.15, 0.2) is 0 Å². The Hall–Kier alpha value is -12.1. The molecule has 29 N–H and O–H groups in total. The summed E-state index contributed by atoms with van der Waals surface area (Å²) in [5.41, 5.74) is 34.7. The second-order valence-corrected chi connectivity index (χ2v) is 39.1. The van der Waals surface area contributed by atoms with E-state index in [0.29, 0.717) is 57.4 Å². The summed E-state index contributed by atoms with van der Waals surface area (Å²) < 4.78 is 43.0. The third-order valence-electron chi connectivity index (χ3n) is 22.6. The molecule has 3 aliphatic heterocycles. The van der Waals surface area contributed by atoms with E-state index in [9.17, 15) is 100 Å². The predicted molar refractivity (Wildman–Crippen MR) is 519 cm³/mol. The van der Waals surface area contributed by atoms with Crippen LogP contribution in [0.2, 0.25) is 0 Å². The number of amides is 20. The van der Waals surface area contributed by atoms with Gasteiger partial charge in [0.2, 0.25) is 118 Å². The standard InChI is InChI=1S/C86H134N22O24S4.C2HF3O2/c1-9-45(5)69-81(125)105-71(47(7)109)83(127)99-57(39-63(89)111)75(119)101-59(85(129)107-33-15-19-61(107)79(123)97-53(17-13-31-87)73(117)93-41-65(91)113)43-135-136-44-60(86(130)108-34-16-20-62(108)80(124)98-54(18-14-32-88)74(118)94-42-66(92)114)102-76(120)58(40-64(90)112)100-84(128)72(48(8)110)106-82(126)70(46(6)10-2)104-78(122)56(38-50-23-27-52(28-24-50)132-12-4)96-68(116)30-36-134-133-35-29-67(115)95-55(77(121)103-69)37-49-21-25-51(26-22-49)131-11-3;3-2(4,5)1(6)7/h21-28,45-48,53-62,69-72,109-110H,9-20,29-44,87-88H2,1-8H3,(H2,89,111)(H2,90,112)(H2,91,113)(H2,92,114)(H,93,117)(H,94,118)(H,95,115)(H,96,116)(H,97,123)(H,98,124)(H,99,127)(H,100,128)(H,101,119)(H,102,120)(H,103,121)(H,104,122)(H,105,125)(H,106,126);(H,6,7)/t45-,46-,47+,48+,53-,54-,55+,56+,57-,58-,59-,60-,61-,62-,69-,70-,71-,72-;/m0./s1. The van der Waals surface area contributed by atoms with Crippen LogP contribution in [0.25, 0.3) is 0 Å². The number of aliphatic hydroxyl groups is 2. The Morgan fingerprint density at radius 1 is 0.455 bits per heavy atom. The van der Waals surface area contributed by atoms with Crippen LogP contribution in [0.15, 0.2) is 48.5 Å². The van der Waals surface area contributed by atoms with Gasteiger partial charge in [-0.15, -0.1) is 0 Å². The van der Waals surface area contributed by atoms with Gasteiger partial charge in [-0.05, 0) is 139 Å². The van der Waals surface area contributed by atoms with Crippen LogP contribution in [0.1, 0.15) is 156 Å². The molecule has 18 atom stereocenters. The quantitative estimate of drug-likeness (QED) is 0.0283. The molecule has 48 nitrogen and oxygen atoms in total. The molecule has 798 valence electrons. The average molecular weight is 2100 g/mol. The van der Waals surface area contributed by atoms with E-state index in [2.05, 4.69) is 74.4 Å². The smallest absolute Gasteiger partial charge is 0.490 e. The SMILES string of the molecule is CCOc1ccc(C[C@H]2NC(=O)CCSSCCC(=O)N[C@H](Cc3ccc(OCC)cc3)C(=O)N[C@@H]([C@@H](C)CC)C(=O)N[C@@H]([C@@H](C)O)C(=O)N[C@@H](CC(N)=O)C(=O)N[C@H](C(=O)N3CCC[C@H]3C(=O)N[C@@H](CCCN)C(=O)NCC(N)=O)CSSC[C@@H](C(=O)N3CCC[C@H]3C(=O)N[C@@H](CCCN)C(=O)NCC(N)=O)NC(=O)[C@H](CC(N)=O)NC(=O)[C@H]([C@@H](C)O)NC(=O)[C@H]([C@@H](C)CC)NC2=O)cc1.O=C(O)C(F)(F)F. The summed E-state index contributed by atoms with van der Waals surface area (Å²) in [6, 6.07) is -10.1. The summed E-state index contributed by atoms with van der Waals surface area (Å²) in [5.74, 6) is -24.6. The zero-order valence-electron chi connectivity index (χ0n) is 80.7. The number of carboxylic acid groups (broad SMARTS) is 1. The van der Waals surface area contributed by atoms with Crippen LogP contribution < -0.4 is 118 Å². The normalized spacial score (nSPS) is 23.2. The van der Waals surface area contributed by atoms with Gasteiger partial charge in [0.25, 0.3) is 0 Å². The van der Waals surface area contributed by atoms with E-state index < -0.39 is 276 Å². The summed E-state index contributed by atoms with van der Waals surface area (Å²) in [7, 11) is 3.80. The molecule has 0 aromatic heterocycles. The van der Waals surface area contributed by atoms with Gasteiger partial charge >= 0.3 is 12.1 Å². The van der Waals surface area contributed by atoms with Crippen molar-refractivity contribution in [2.24, 2.45) is 46.2 Å². The molecular formula is C88H135F3N22O26S4. The van der Waals surface area contributed by atoms with E-state index in [-0.39, 0.29) is 128 Å². The number of likely N-dealkylation sites (tertiary alicyclic amines) is 2. The first kappa shape index (κ1) is 123. The number of alkyl halides is 3. The maximum Gasteiger partial charge on any atom is 0.490 e. The number of benzene rings is 2. The van der Waals surface area contributed by atoms with Gasteiger partial charge in [-0.1, -0.05) is 108 Å². The van der Waals surface area contributed by atoms with E-state index in [1.165, 1.54) is 21.6 Å². The first-order chi connectivity index (χ1) is 67.5. The predicted octanol–water partition coefficient (Wildman–Crippen LogP) is -5.46. The van der Waals surface area contributed by atoms with Crippen molar-refractivity contribution in [2.45, 2.75) is 261 Å². The first-order valence-electron chi connectivity index (χ1n) is 46.4. The van der Waals surface area contributed by atoms with Gasteiger partial charge in [0, 0.05) is 61.8 Å². The average Bonchev–Trinajstić information content (AvgIpc) is 1.78. The number of nitrogens with one attached hydrogen (secondary N) is 14. The number of nitrogens with two attached hydrogens (primary N) is 6. The molecule has 3 aliphatic rings. The molecule has 5 rings (SSSR count). The van der Waals surface area contributed by atoms with Crippen LogP contribution in [0.4, 0.5) is 13.2 Å². The Morgan fingerprint density at radius 3 is 1.07 bits per heavy atom. The number of rotatable bonds is 36. The van der Waals surface area contributed by atoms with Crippen LogP contribution in [-0.2, 0) is 114 Å². The molecule has 3 heterocycles. The van der Waals surface area contributed by atoms with Crippen molar-refractivity contribution in [3.05, 3.63) is 59.7 Å². The lowest BCUT2D eigenvalue weighted by molar-refractivity contribution is -0.192. The highest BCUT2D eigenvalue weighted by Gasteiger charge is 2.46. The number of ether oxygens (including phenoxy) is 2. The van der Waals surface area contributed by atoms with E-state index in [1.54, 1.807) is 90.1 Å². The van der Waals surface area contributed by atoms with Gasteiger partial charge in [0.1, 0.15) is 96.1 Å². The second-order valence-electron chi connectivity index (χ2n) is 33.8. The van der Waals surface area contributed by atoms with Crippen molar-refractivity contribution in [3.63, 3.8) is 0 Å². The lowest BCUT2D eigenvalue weighted by Crippen LogP contribution is -2.63. The third-order valence-corrected chi connectivity index (χ3v) is 27.4. The summed E-state index contributed by atoms with van der Waals surface area (Å²) in [4.78, 5) is 295. The number of aliphatic carboxylic acids is 1. The third kappa shape index (κ3) is 43.2.